The van der Waals surface area contributed by atoms with Gasteiger partial charge in [0.15, 0.2) is 5.78 Å². The van der Waals surface area contributed by atoms with E-state index in [1.54, 1.807) is 12.1 Å². The Morgan fingerprint density at radius 2 is 1.48 bits per heavy atom. The number of para-hydroxylation sites is 1. The minimum absolute atomic E-state index is 0.109. The van der Waals surface area contributed by atoms with Crippen molar-refractivity contribution in [2.75, 3.05) is 31.1 Å². The molecule has 0 aliphatic carbocycles. The van der Waals surface area contributed by atoms with E-state index in [1.807, 2.05) is 72.9 Å². The van der Waals surface area contributed by atoms with Crippen LogP contribution in [-0.2, 0) is 0 Å². The van der Waals surface area contributed by atoms with Gasteiger partial charge in [-0.05, 0) is 35.9 Å². The molecule has 1 amide bonds. The van der Waals surface area contributed by atoms with Crippen LogP contribution in [0.15, 0.2) is 85.1 Å². The van der Waals surface area contributed by atoms with E-state index in [0.717, 1.165) is 53.9 Å². The highest BCUT2D eigenvalue weighted by Gasteiger charge is 2.32. The summed E-state index contributed by atoms with van der Waals surface area (Å²) in [5, 5.41) is 0.955. The third-order valence-corrected chi connectivity index (χ3v) is 6.41. The minimum atomic E-state index is -0.423. The van der Waals surface area contributed by atoms with E-state index in [9.17, 15) is 9.59 Å². The molecule has 6 heteroatoms. The van der Waals surface area contributed by atoms with Gasteiger partial charge in [-0.2, -0.15) is 0 Å². The second-order valence-electron chi connectivity index (χ2n) is 8.36. The zero-order valence-electron chi connectivity index (χ0n) is 18.3. The van der Waals surface area contributed by atoms with E-state index in [2.05, 4.69) is 14.8 Å². The maximum absolute atomic E-state index is 13.9. The summed E-state index contributed by atoms with van der Waals surface area (Å²) in [4.78, 5) is 33.0. The molecule has 1 saturated heterocycles. The molecule has 4 aromatic rings. The fourth-order valence-corrected chi connectivity index (χ4v) is 4.66. The van der Waals surface area contributed by atoms with Gasteiger partial charge in [-0.3, -0.25) is 14.5 Å². The number of Topliss-reactive ketones (excluding diaryl/α,β-unsaturated/α-hetero) is 1. The second kappa shape index (κ2) is 8.92. The highest BCUT2D eigenvalue weighted by Crippen LogP contribution is 2.30. The van der Waals surface area contributed by atoms with E-state index in [-0.39, 0.29) is 11.8 Å². The Labute approximate surface area is 192 Å². The number of nitrogens with one attached hydrogen (secondary N) is 1. The molecule has 0 saturated carbocycles. The average molecular weight is 439 g/mol. The standard InChI is InChI=1S/C27H26N4O2/c28-27(33)20-10-12-21(13-11-20)30-14-16-31(17-15-30)25(19-6-2-1-3-7-19)26(32)23-18-29-24-9-5-4-8-22(23)24/h1-13,18,25,29H,14-17H2,(H2,28,33). The highest BCUT2D eigenvalue weighted by molar-refractivity contribution is 6.10. The topological polar surface area (TPSA) is 82.4 Å². The molecule has 2 heterocycles. The van der Waals surface area contributed by atoms with Gasteiger partial charge in [0.05, 0.1) is 6.04 Å². The van der Waals surface area contributed by atoms with Crippen LogP contribution in [-0.4, -0.2) is 47.8 Å². The lowest BCUT2D eigenvalue weighted by molar-refractivity contribution is 0.0808. The van der Waals surface area contributed by atoms with Gasteiger partial charge >= 0.3 is 0 Å². The van der Waals surface area contributed by atoms with Crippen LogP contribution in [0.4, 0.5) is 5.69 Å². The molecule has 1 fully saturated rings. The van der Waals surface area contributed by atoms with Crippen LogP contribution in [0, 0.1) is 0 Å². The number of carbonyl (C=O) groups is 2. The number of ketones is 1. The van der Waals surface area contributed by atoms with Crippen LogP contribution in [0.1, 0.15) is 32.3 Å². The van der Waals surface area contributed by atoms with Crippen LogP contribution in [0.5, 0.6) is 0 Å². The van der Waals surface area contributed by atoms with Gasteiger partial charge in [-0.15, -0.1) is 0 Å². The summed E-state index contributed by atoms with van der Waals surface area (Å²) < 4.78 is 0. The number of fused-ring (bicyclic) bond motifs is 1. The number of aromatic amines is 1. The van der Waals surface area contributed by atoms with E-state index in [0.29, 0.717) is 5.56 Å². The summed E-state index contributed by atoms with van der Waals surface area (Å²) in [6.07, 6.45) is 1.83. The largest absolute Gasteiger partial charge is 0.369 e. The first-order valence-electron chi connectivity index (χ1n) is 11.2. The van der Waals surface area contributed by atoms with Crippen LogP contribution < -0.4 is 10.6 Å². The van der Waals surface area contributed by atoms with Gasteiger partial charge in [0, 0.05) is 60.1 Å². The van der Waals surface area contributed by atoms with Crippen LogP contribution in [0.3, 0.4) is 0 Å². The smallest absolute Gasteiger partial charge is 0.248 e. The average Bonchev–Trinajstić information content (AvgIpc) is 3.30. The van der Waals surface area contributed by atoms with Gasteiger partial charge < -0.3 is 15.6 Å². The van der Waals surface area contributed by atoms with Crippen molar-refractivity contribution >= 4 is 28.3 Å². The van der Waals surface area contributed by atoms with Crippen molar-refractivity contribution in [3.05, 3.63) is 102 Å². The number of amides is 1. The second-order valence-corrected chi connectivity index (χ2v) is 8.36. The molecule has 1 aliphatic heterocycles. The van der Waals surface area contributed by atoms with Gasteiger partial charge in [0.2, 0.25) is 5.91 Å². The molecular weight excluding hydrogens is 412 g/mol. The van der Waals surface area contributed by atoms with Crippen molar-refractivity contribution in [1.29, 1.82) is 0 Å². The quantitative estimate of drug-likeness (QED) is 0.446. The van der Waals surface area contributed by atoms with Gasteiger partial charge in [0.1, 0.15) is 0 Å². The van der Waals surface area contributed by atoms with Crippen LogP contribution in [0.2, 0.25) is 0 Å². The van der Waals surface area contributed by atoms with Crippen LogP contribution in [0.25, 0.3) is 10.9 Å². The third kappa shape index (κ3) is 4.13. The predicted octanol–water partition coefficient (Wildman–Crippen LogP) is 4.01. The Hall–Kier alpha value is -3.90. The van der Waals surface area contributed by atoms with Gasteiger partial charge in [-0.1, -0.05) is 48.5 Å². The Kier molecular flexibility index (Phi) is 5.67. The fourth-order valence-electron chi connectivity index (χ4n) is 4.66. The molecule has 1 atom stereocenters. The maximum Gasteiger partial charge on any atom is 0.248 e. The van der Waals surface area contributed by atoms with Crippen LogP contribution >= 0.6 is 0 Å². The Morgan fingerprint density at radius 1 is 0.818 bits per heavy atom. The van der Waals surface area contributed by atoms with E-state index in [4.69, 9.17) is 5.73 Å². The van der Waals surface area contributed by atoms with Gasteiger partial charge in [-0.25, -0.2) is 0 Å². The zero-order chi connectivity index (χ0) is 22.8. The SMILES string of the molecule is NC(=O)c1ccc(N2CCN(C(C(=O)c3c[nH]c4ccccc34)c3ccccc3)CC2)cc1. The lowest BCUT2D eigenvalue weighted by Gasteiger charge is -2.40. The molecule has 0 radical (unpaired) electrons. The monoisotopic (exact) mass is 438 g/mol. The number of anilines is 1. The van der Waals surface area contributed by atoms with E-state index in [1.165, 1.54) is 0 Å². The molecule has 0 spiro atoms. The van der Waals surface area contributed by atoms with Gasteiger partial charge in [0.25, 0.3) is 0 Å². The van der Waals surface area contributed by atoms with Crippen molar-refractivity contribution in [3.63, 3.8) is 0 Å². The molecule has 3 aromatic carbocycles. The van der Waals surface area contributed by atoms with E-state index >= 15 is 0 Å². The number of benzene rings is 3. The first kappa shape index (κ1) is 21.0. The molecule has 0 bridgehead atoms. The zero-order valence-corrected chi connectivity index (χ0v) is 18.3. The number of hydrogen-bond donors (Lipinski definition) is 2. The molecule has 1 unspecified atom stereocenters. The minimum Gasteiger partial charge on any atom is -0.369 e. The maximum atomic E-state index is 13.9. The summed E-state index contributed by atoms with van der Waals surface area (Å²) in [5.74, 6) is -0.314. The number of rotatable bonds is 6. The van der Waals surface area contributed by atoms with Crippen molar-refractivity contribution in [3.8, 4) is 0 Å². The highest BCUT2D eigenvalue weighted by atomic mass is 16.1. The molecule has 166 valence electrons. The van der Waals surface area contributed by atoms with Crippen molar-refractivity contribution < 1.29 is 9.59 Å². The predicted molar refractivity (Wildman–Crippen MR) is 131 cm³/mol. The molecule has 6 nitrogen and oxygen atoms in total. The summed E-state index contributed by atoms with van der Waals surface area (Å²) in [6, 6.07) is 25.0. The van der Waals surface area contributed by atoms with Crippen molar-refractivity contribution in [2.45, 2.75) is 6.04 Å². The van der Waals surface area contributed by atoms with E-state index < -0.39 is 5.91 Å². The summed E-state index contributed by atoms with van der Waals surface area (Å²) >= 11 is 0. The Morgan fingerprint density at radius 3 is 2.18 bits per heavy atom. The fraction of sp³-hybridized carbons (Fsp3) is 0.185. The number of carbonyl (C=O) groups excluding carboxylic acids is 2. The summed E-state index contributed by atoms with van der Waals surface area (Å²) in [5.41, 5.74) is 9.62. The number of piperazine rings is 1. The third-order valence-electron chi connectivity index (χ3n) is 6.41. The number of H-pyrrole nitrogens is 1. The molecule has 3 N–H and O–H groups in total. The normalized spacial score (nSPS) is 15.5. The molecule has 33 heavy (non-hydrogen) atoms. The molecule has 5 rings (SSSR count). The number of primary amides is 1. The molecule has 1 aliphatic rings. The van der Waals surface area contributed by atoms with Crippen molar-refractivity contribution in [2.24, 2.45) is 5.73 Å². The number of aromatic nitrogens is 1. The summed E-state index contributed by atoms with van der Waals surface area (Å²) in [7, 11) is 0. The molecular formula is C27H26N4O2. The first-order valence-corrected chi connectivity index (χ1v) is 11.2. The van der Waals surface area contributed by atoms with Crippen molar-refractivity contribution in [1.82, 2.24) is 9.88 Å². The Balaban J connectivity index is 1.39. The first-order chi connectivity index (χ1) is 16.1. The Bertz CT molecular complexity index is 1270. The number of nitrogens with two attached hydrogens (primary N) is 1. The summed E-state index contributed by atoms with van der Waals surface area (Å²) in [6.45, 7) is 3.09. The molecule has 1 aromatic heterocycles. The lowest BCUT2D eigenvalue weighted by Crippen LogP contribution is -2.49. The number of nitrogens with zero attached hydrogens (tertiary/aromatic N) is 2. The lowest BCUT2D eigenvalue weighted by atomic mass is 9.95. The number of hydrogen-bond acceptors (Lipinski definition) is 4.